The zero-order valence-corrected chi connectivity index (χ0v) is 11.6. The first-order valence-electron chi connectivity index (χ1n) is 6.49. The summed E-state index contributed by atoms with van der Waals surface area (Å²) in [4.78, 5) is 2.49. The molecule has 0 fully saturated rings. The Balaban J connectivity index is 2.74. The van der Waals surface area contributed by atoms with Crippen LogP contribution in [0.2, 0.25) is 0 Å². The van der Waals surface area contributed by atoms with Crippen LogP contribution in [0.3, 0.4) is 0 Å². The Labute approximate surface area is 106 Å². The largest absolute Gasteiger partial charge is 0.330 e. The van der Waals surface area contributed by atoms with Crippen LogP contribution in [-0.4, -0.2) is 24.5 Å². The monoisotopic (exact) mass is 234 g/mol. The van der Waals surface area contributed by atoms with Gasteiger partial charge in [0.2, 0.25) is 0 Å². The summed E-state index contributed by atoms with van der Waals surface area (Å²) in [7, 11) is 0. The fourth-order valence-corrected chi connectivity index (χ4v) is 2.08. The number of nitrogens with zero attached hydrogens (tertiary/aromatic N) is 1. The van der Waals surface area contributed by atoms with Crippen molar-refractivity contribution >= 4 is 0 Å². The highest BCUT2D eigenvalue weighted by Gasteiger charge is 2.23. The second kappa shape index (κ2) is 6.18. The maximum Gasteiger partial charge on any atom is 0.0319 e. The van der Waals surface area contributed by atoms with Gasteiger partial charge >= 0.3 is 0 Å². The van der Waals surface area contributed by atoms with Gasteiger partial charge in [0.15, 0.2) is 0 Å². The zero-order valence-electron chi connectivity index (χ0n) is 11.6. The molecule has 0 aliphatic carbocycles. The predicted octanol–water partition coefficient (Wildman–Crippen LogP) is 3.05. The van der Waals surface area contributed by atoms with Crippen molar-refractivity contribution < 1.29 is 0 Å². The van der Waals surface area contributed by atoms with Gasteiger partial charge in [-0.15, -0.1) is 0 Å². The summed E-state index contributed by atoms with van der Waals surface area (Å²) in [5, 5.41) is 0. The Morgan fingerprint density at radius 2 is 1.82 bits per heavy atom. The second-order valence-electron chi connectivity index (χ2n) is 5.52. The van der Waals surface area contributed by atoms with E-state index in [1.807, 2.05) is 0 Å². The van der Waals surface area contributed by atoms with Crippen LogP contribution in [0.1, 0.15) is 39.3 Å². The van der Waals surface area contributed by atoms with Gasteiger partial charge in [-0.25, -0.2) is 0 Å². The molecule has 1 unspecified atom stereocenters. The maximum atomic E-state index is 5.82. The lowest BCUT2D eigenvalue weighted by atomic mass is 9.92. The maximum absolute atomic E-state index is 5.82. The minimum atomic E-state index is 0.180. The van der Waals surface area contributed by atoms with E-state index in [0.29, 0.717) is 6.04 Å². The van der Waals surface area contributed by atoms with Crippen LogP contribution in [0, 0.1) is 5.41 Å². The summed E-state index contributed by atoms with van der Waals surface area (Å²) >= 11 is 0. The highest BCUT2D eigenvalue weighted by Crippen LogP contribution is 2.24. The summed E-state index contributed by atoms with van der Waals surface area (Å²) in [6.07, 6.45) is 0. The van der Waals surface area contributed by atoms with E-state index in [2.05, 4.69) is 62.9 Å². The molecule has 0 saturated carbocycles. The number of rotatable bonds is 6. The van der Waals surface area contributed by atoms with Gasteiger partial charge < -0.3 is 5.73 Å². The van der Waals surface area contributed by atoms with Crippen molar-refractivity contribution in [1.29, 1.82) is 0 Å². The second-order valence-corrected chi connectivity index (χ2v) is 5.52. The molecule has 96 valence electrons. The number of hydrogen-bond donors (Lipinski definition) is 1. The van der Waals surface area contributed by atoms with Gasteiger partial charge in [-0.05, 0) is 31.0 Å². The average Bonchev–Trinajstić information content (AvgIpc) is 2.36. The topological polar surface area (TPSA) is 29.3 Å². The van der Waals surface area contributed by atoms with Crippen molar-refractivity contribution in [3.05, 3.63) is 35.9 Å². The fraction of sp³-hybridized carbons (Fsp3) is 0.600. The number of hydrogen-bond acceptors (Lipinski definition) is 2. The van der Waals surface area contributed by atoms with Crippen LogP contribution in [0.15, 0.2) is 30.3 Å². The standard InChI is InChI=1S/C15H26N2/c1-5-17(12-15(3,4)11-16)13(2)14-9-7-6-8-10-14/h6-10,13H,5,11-12,16H2,1-4H3. The third-order valence-corrected chi connectivity index (χ3v) is 3.42. The molecular formula is C15H26N2. The van der Waals surface area contributed by atoms with Crippen molar-refractivity contribution in [2.24, 2.45) is 11.1 Å². The van der Waals surface area contributed by atoms with Crippen molar-refractivity contribution in [2.75, 3.05) is 19.6 Å². The third kappa shape index (κ3) is 4.14. The Bertz CT molecular complexity index is 319. The van der Waals surface area contributed by atoms with Gasteiger partial charge in [0.1, 0.15) is 0 Å². The molecule has 0 heterocycles. The summed E-state index contributed by atoms with van der Waals surface area (Å²) in [6.45, 7) is 11.8. The first-order chi connectivity index (χ1) is 8.00. The lowest BCUT2D eigenvalue weighted by Crippen LogP contribution is -2.39. The molecule has 1 aromatic carbocycles. The van der Waals surface area contributed by atoms with E-state index in [1.165, 1.54) is 5.56 Å². The van der Waals surface area contributed by atoms with Gasteiger partial charge in [0.05, 0.1) is 0 Å². The molecule has 0 aliphatic heterocycles. The summed E-state index contributed by atoms with van der Waals surface area (Å²) < 4.78 is 0. The molecule has 0 saturated heterocycles. The van der Waals surface area contributed by atoms with Crippen LogP contribution in [0.25, 0.3) is 0 Å². The SMILES string of the molecule is CCN(CC(C)(C)CN)C(C)c1ccccc1. The highest BCUT2D eigenvalue weighted by atomic mass is 15.2. The number of nitrogens with two attached hydrogens (primary N) is 1. The van der Waals surface area contributed by atoms with Crippen molar-refractivity contribution in [3.8, 4) is 0 Å². The molecular weight excluding hydrogens is 208 g/mol. The molecule has 17 heavy (non-hydrogen) atoms. The molecule has 0 bridgehead atoms. The molecule has 1 aromatic rings. The molecule has 2 N–H and O–H groups in total. The predicted molar refractivity (Wildman–Crippen MR) is 74.9 cm³/mol. The molecule has 0 amide bonds. The Kier molecular flexibility index (Phi) is 5.16. The normalized spacial score (nSPS) is 14.0. The first kappa shape index (κ1) is 14.2. The fourth-order valence-electron chi connectivity index (χ4n) is 2.08. The summed E-state index contributed by atoms with van der Waals surface area (Å²) in [6, 6.07) is 11.1. The molecule has 0 radical (unpaired) electrons. The summed E-state index contributed by atoms with van der Waals surface area (Å²) in [5.41, 5.74) is 7.38. The molecule has 1 atom stereocenters. The van der Waals surface area contributed by atoms with Gasteiger partial charge in [0, 0.05) is 12.6 Å². The van der Waals surface area contributed by atoms with E-state index in [1.54, 1.807) is 0 Å². The van der Waals surface area contributed by atoms with Crippen molar-refractivity contribution in [2.45, 2.75) is 33.7 Å². The van der Waals surface area contributed by atoms with Gasteiger partial charge in [0.25, 0.3) is 0 Å². The van der Waals surface area contributed by atoms with Gasteiger partial charge in [-0.3, -0.25) is 4.90 Å². The van der Waals surface area contributed by atoms with Crippen LogP contribution < -0.4 is 5.73 Å². The lowest BCUT2D eigenvalue weighted by molar-refractivity contribution is 0.148. The minimum absolute atomic E-state index is 0.180. The highest BCUT2D eigenvalue weighted by molar-refractivity contribution is 5.18. The van der Waals surface area contributed by atoms with E-state index in [4.69, 9.17) is 5.73 Å². The number of benzene rings is 1. The van der Waals surface area contributed by atoms with E-state index >= 15 is 0 Å². The minimum Gasteiger partial charge on any atom is -0.330 e. The molecule has 2 nitrogen and oxygen atoms in total. The van der Waals surface area contributed by atoms with Gasteiger partial charge in [-0.1, -0.05) is 51.1 Å². The van der Waals surface area contributed by atoms with Crippen LogP contribution in [0.4, 0.5) is 0 Å². The first-order valence-corrected chi connectivity index (χ1v) is 6.49. The summed E-state index contributed by atoms with van der Waals surface area (Å²) in [5.74, 6) is 0. The van der Waals surface area contributed by atoms with E-state index in [0.717, 1.165) is 19.6 Å². The van der Waals surface area contributed by atoms with Crippen molar-refractivity contribution in [3.63, 3.8) is 0 Å². The van der Waals surface area contributed by atoms with Gasteiger partial charge in [-0.2, -0.15) is 0 Å². The zero-order chi connectivity index (χ0) is 12.9. The molecule has 0 aliphatic rings. The van der Waals surface area contributed by atoms with E-state index in [-0.39, 0.29) is 5.41 Å². The lowest BCUT2D eigenvalue weighted by Gasteiger charge is -2.35. The van der Waals surface area contributed by atoms with Crippen LogP contribution in [0.5, 0.6) is 0 Å². The molecule has 1 rings (SSSR count). The van der Waals surface area contributed by atoms with Crippen LogP contribution >= 0.6 is 0 Å². The molecule has 0 aromatic heterocycles. The van der Waals surface area contributed by atoms with Crippen LogP contribution in [-0.2, 0) is 0 Å². The van der Waals surface area contributed by atoms with E-state index < -0.39 is 0 Å². The Morgan fingerprint density at radius 1 is 1.24 bits per heavy atom. The smallest absolute Gasteiger partial charge is 0.0319 e. The molecule has 0 spiro atoms. The Hall–Kier alpha value is -0.860. The Morgan fingerprint density at radius 3 is 2.29 bits per heavy atom. The third-order valence-electron chi connectivity index (χ3n) is 3.42. The quantitative estimate of drug-likeness (QED) is 0.819. The van der Waals surface area contributed by atoms with Crippen molar-refractivity contribution in [1.82, 2.24) is 4.90 Å². The van der Waals surface area contributed by atoms with E-state index in [9.17, 15) is 0 Å². The molecule has 2 heteroatoms. The average molecular weight is 234 g/mol.